The maximum atomic E-state index is 13.1. The molecule has 24 heavy (non-hydrogen) atoms. The highest BCUT2D eigenvalue weighted by Crippen LogP contribution is 2.28. The molecule has 1 aliphatic heterocycles. The lowest BCUT2D eigenvalue weighted by Gasteiger charge is -2.16. The summed E-state index contributed by atoms with van der Waals surface area (Å²) < 4.78 is 17.9. The van der Waals surface area contributed by atoms with Crippen LogP contribution in [0.4, 0.5) is 10.1 Å². The van der Waals surface area contributed by atoms with Crippen LogP contribution in [0.25, 0.3) is 0 Å². The van der Waals surface area contributed by atoms with E-state index in [9.17, 15) is 18.8 Å². The lowest BCUT2D eigenvalue weighted by atomic mass is 10.3. The van der Waals surface area contributed by atoms with Crippen LogP contribution in [0.15, 0.2) is 29.3 Å². The van der Waals surface area contributed by atoms with Crippen LogP contribution < -0.4 is 5.32 Å². The Hall–Kier alpha value is -2.06. The molecule has 0 spiro atoms. The fourth-order valence-electron chi connectivity index (χ4n) is 1.90. The first kappa shape index (κ1) is 18.3. The van der Waals surface area contributed by atoms with E-state index in [-0.39, 0.29) is 29.8 Å². The number of ether oxygens (including phenoxy) is 1. The molecule has 1 aromatic carbocycles. The van der Waals surface area contributed by atoms with E-state index in [1.165, 1.54) is 23.1 Å². The van der Waals surface area contributed by atoms with Crippen LogP contribution in [-0.4, -0.2) is 41.6 Å². The number of carbonyl (C=O) groups is 3. The molecule has 2 amide bonds. The predicted octanol–water partition coefficient (Wildman–Crippen LogP) is 2.40. The lowest BCUT2D eigenvalue weighted by Crippen LogP contribution is -2.34. The maximum Gasteiger partial charge on any atom is 0.333 e. The number of halogens is 2. The highest BCUT2D eigenvalue weighted by molar-refractivity contribution is 8.04. The van der Waals surface area contributed by atoms with E-state index in [4.69, 9.17) is 16.3 Å². The van der Waals surface area contributed by atoms with Crippen molar-refractivity contribution >= 4 is 46.8 Å². The van der Waals surface area contributed by atoms with Crippen LogP contribution in [0.1, 0.15) is 6.92 Å². The zero-order chi connectivity index (χ0) is 17.7. The van der Waals surface area contributed by atoms with Crippen molar-refractivity contribution in [3.8, 4) is 0 Å². The van der Waals surface area contributed by atoms with Crippen molar-refractivity contribution in [2.24, 2.45) is 0 Å². The molecule has 1 saturated heterocycles. The second kappa shape index (κ2) is 8.16. The molecule has 1 heterocycles. The molecule has 0 aliphatic carbocycles. The second-order valence-corrected chi connectivity index (χ2v) is 6.08. The highest BCUT2D eigenvalue weighted by atomic mass is 35.5. The smallest absolute Gasteiger partial charge is 0.333 e. The summed E-state index contributed by atoms with van der Waals surface area (Å²) in [5.74, 6) is -1.82. The van der Waals surface area contributed by atoms with Gasteiger partial charge in [-0.2, -0.15) is 0 Å². The molecule has 0 radical (unpaired) electrons. The SMILES string of the molecule is CCOC(=O)/C=C1\SCC(=O)N1CC(=O)Nc1ccc(F)c(Cl)c1. The number of nitrogens with one attached hydrogen (secondary N) is 1. The van der Waals surface area contributed by atoms with Crippen LogP contribution in [0, 0.1) is 5.82 Å². The number of hydrogen-bond acceptors (Lipinski definition) is 5. The summed E-state index contributed by atoms with van der Waals surface area (Å²) >= 11 is 6.80. The lowest BCUT2D eigenvalue weighted by molar-refractivity contribution is -0.137. The molecule has 0 aromatic heterocycles. The maximum absolute atomic E-state index is 13.1. The van der Waals surface area contributed by atoms with Gasteiger partial charge in [0.15, 0.2) is 0 Å². The molecule has 0 bridgehead atoms. The fraction of sp³-hybridized carbons (Fsp3) is 0.267. The van der Waals surface area contributed by atoms with Gasteiger partial charge in [0.05, 0.1) is 28.5 Å². The van der Waals surface area contributed by atoms with Gasteiger partial charge >= 0.3 is 5.97 Å². The van der Waals surface area contributed by atoms with Crippen molar-refractivity contribution in [1.82, 2.24) is 4.90 Å². The van der Waals surface area contributed by atoms with Gasteiger partial charge in [-0.05, 0) is 25.1 Å². The minimum atomic E-state index is -0.597. The van der Waals surface area contributed by atoms with Gasteiger partial charge in [-0.15, -0.1) is 0 Å². The molecule has 0 atom stereocenters. The van der Waals surface area contributed by atoms with Gasteiger partial charge in [-0.3, -0.25) is 14.5 Å². The van der Waals surface area contributed by atoms with E-state index < -0.39 is 17.7 Å². The summed E-state index contributed by atoms with van der Waals surface area (Å²) in [6.45, 7) is 1.61. The highest BCUT2D eigenvalue weighted by Gasteiger charge is 2.29. The van der Waals surface area contributed by atoms with E-state index >= 15 is 0 Å². The Morgan fingerprint density at radius 1 is 1.50 bits per heavy atom. The zero-order valence-corrected chi connectivity index (χ0v) is 14.2. The molecular formula is C15H14ClFN2O4S. The Bertz CT molecular complexity index is 711. The van der Waals surface area contributed by atoms with Crippen molar-refractivity contribution in [3.05, 3.63) is 40.1 Å². The number of carbonyl (C=O) groups excluding carboxylic acids is 3. The Morgan fingerprint density at radius 3 is 2.92 bits per heavy atom. The molecule has 9 heteroatoms. The van der Waals surface area contributed by atoms with Crippen molar-refractivity contribution in [2.45, 2.75) is 6.92 Å². The van der Waals surface area contributed by atoms with Crippen LogP contribution >= 0.6 is 23.4 Å². The Morgan fingerprint density at radius 2 is 2.25 bits per heavy atom. The summed E-state index contributed by atoms with van der Waals surface area (Å²) in [5.41, 5.74) is 0.307. The number of hydrogen-bond donors (Lipinski definition) is 1. The fourth-order valence-corrected chi connectivity index (χ4v) is 3.01. The number of nitrogens with zero attached hydrogens (tertiary/aromatic N) is 1. The molecule has 1 fully saturated rings. The molecule has 128 valence electrons. The van der Waals surface area contributed by atoms with Gasteiger partial charge < -0.3 is 10.1 Å². The molecule has 1 aromatic rings. The predicted molar refractivity (Wildman–Crippen MR) is 88.9 cm³/mol. The number of amides is 2. The number of esters is 1. The van der Waals surface area contributed by atoms with Crippen LogP contribution in [-0.2, 0) is 19.1 Å². The Kier molecular flexibility index (Phi) is 6.22. The van der Waals surface area contributed by atoms with Crippen LogP contribution in [0.2, 0.25) is 5.02 Å². The third-order valence-electron chi connectivity index (χ3n) is 2.94. The third-order valence-corrected chi connectivity index (χ3v) is 4.26. The molecular weight excluding hydrogens is 359 g/mol. The zero-order valence-electron chi connectivity index (χ0n) is 12.7. The van der Waals surface area contributed by atoms with Crippen molar-refractivity contribution in [2.75, 3.05) is 24.2 Å². The van der Waals surface area contributed by atoms with Crippen molar-refractivity contribution < 1.29 is 23.5 Å². The normalized spacial score (nSPS) is 15.7. The van der Waals surface area contributed by atoms with Crippen molar-refractivity contribution in [1.29, 1.82) is 0 Å². The molecule has 1 aliphatic rings. The summed E-state index contributed by atoms with van der Waals surface area (Å²) in [6, 6.07) is 3.75. The van der Waals surface area contributed by atoms with E-state index in [2.05, 4.69) is 5.32 Å². The van der Waals surface area contributed by atoms with E-state index in [1.54, 1.807) is 6.92 Å². The molecule has 0 saturated carbocycles. The van der Waals surface area contributed by atoms with E-state index in [0.717, 1.165) is 17.8 Å². The second-order valence-electron chi connectivity index (χ2n) is 4.68. The first-order valence-corrected chi connectivity index (χ1v) is 8.33. The van der Waals surface area contributed by atoms with E-state index in [1.807, 2.05) is 0 Å². The van der Waals surface area contributed by atoms with Crippen molar-refractivity contribution in [3.63, 3.8) is 0 Å². The minimum absolute atomic E-state index is 0.122. The Balaban J connectivity index is 2.04. The van der Waals surface area contributed by atoms with Gasteiger partial charge in [-0.1, -0.05) is 23.4 Å². The first-order chi connectivity index (χ1) is 11.4. The number of rotatable bonds is 5. The average molecular weight is 373 g/mol. The standard InChI is InChI=1S/C15H14ClFN2O4S/c1-2-23-15(22)6-14-19(13(21)8-24-14)7-12(20)18-9-3-4-11(17)10(16)5-9/h3-6H,2,7-8H2,1H3,(H,18,20)/b14-6-. The van der Waals surface area contributed by atoms with Gasteiger partial charge in [-0.25, -0.2) is 9.18 Å². The number of thioether (sulfide) groups is 1. The number of benzene rings is 1. The third kappa shape index (κ3) is 4.72. The largest absolute Gasteiger partial charge is 0.463 e. The Labute approximate surface area is 147 Å². The topological polar surface area (TPSA) is 75.7 Å². The van der Waals surface area contributed by atoms with Crippen LogP contribution in [0.3, 0.4) is 0 Å². The number of anilines is 1. The average Bonchev–Trinajstić information content (AvgIpc) is 2.84. The quantitative estimate of drug-likeness (QED) is 0.634. The molecule has 6 nitrogen and oxygen atoms in total. The molecule has 1 N–H and O–H groups in total. The molecule has 2 rings (SSSR count). The first-order valence-electron chi connectivity index (χ1n) is 6.97. The molecule has 0 unspecified atom stereocenters. The monoisotopic (exact) mass is 372 g/mol. The minimum Gasteiger partial charge on any atom is -0.463 e. The van der Waals surface area contributed by atoms with Gasteiger partial charge in [0.1, 0.15) is 12.4 Å². The van der Waals surface area contributed by atoms with Crippen LogP contribution in [0.5, 0.6) is 0 Å². The summed E-state index contributed by atoms with van der Waals surface area (Å²) in [4.78, 5) is 36.6. The van der Waals surface area contributed by atoms with Gasteiger partial charge in [0.25, 0.3) is 0 Å². The summed E-state index contributed by atoms with van der Waals surface area (Å²) in [5, 5.41) is 2.75. The van der Waals surface area contributed by atoms with E-state index in [0.29, 0.717) is 10.7 Å². The van der Waals surface area contributed by atoms with Gasteiger partial charge in [0.2, 0.25) is 11.8 Å². The van der Waals surface area contributed by atoms with Gasteiger partial charge in [0, 0.05) is 5.69 Å². The summed E-state index contributed by atoms with van der Waals surface area (Å²) in [6.07, 6.45) is 1.18. The summed E-state index contributed by atoms with van der Waals surface area (Å²) in [7, 11) is 0.